The van der Waals surface area contributed by atoms with Crippen LogP contribution in [0.1, 0.15) is 16.1 Å². The van der Waals surface area contributed by atoms with Crippen LogP contribution in [0, 0.1) is 0 Å². The lowest BCUT2D eigenvalue weighted by Gasteiger charge is -2.17. The van der Waals surface area contributed by atoms with E-state index >= 15 is 0 Å². The van der Waals surface area contributed by atoms with Gasteiger partial charge in [-0.1, -0.05) is 41.9 Å². The summed E-state index contributed by atoms with van der Waals surface area (Å²) in [6.07, 6.45) is 0. The van der Waals surface area contributed by atoms with Crippen LogP contribution < -0.4 is 11.2 Å². The number of amides is 1. The lowest BCUT2D eigenvalue weighted by Crippen LogP contribution is -2.44. The van der Waals surface area contributed by atoms with Crippen molar-refractivity contribution in [3.8, 4) is 5.69 Å². The molecular formula is C19H17ClN4O3. The number of halogens is 1. The predicted octanol–water partition coefficient (Wildman–Crippen LogP) is 1.86. The normalized spacial score (nSPS) is 10.6. The lowest BCUT2D eigenvalue weighted by molar-refractivity contribution is 0.0774. The number of carbonyl (C=O) groups is 1. The van der Waals surface area contributed by atoms with Gasteiger partial charge in [-0.05, 0) is 29.8 Å². The third-order valence-electron chi connectivity index (χ3n) is 4.06. The molecule has 0 aliphatic heterocycles. The third-order valence-corrected chi connectivity index (χ3v) is 4.31. The largest absolute Gasteiger partial charge is 0.351 e. The number of hydrogen-bond donors (Lipinski definition) is 0. The van der Waals surface area contributed by atoms with Crippen LogP contribution in [-0.2, 0) is 13.6 Å². The highest BCUT2D eigenvalue weighted by Crippen LogP contribution is 2.11. The average molecular weight is 385 g/mol. The zero-order valence-corrected chi connectivity index (χ0v) is 15.6. The SMILES string of the molecule is CN(Cc1ccccc1)C(=O)c1nn(-c2ccc(Cl)cc2)c(=O)n(C)c1=O. The van der Waals surface area contributed by atoms with Crippen LogP contribution in [0.3, 0.4) is 0 Å². The van der Waals surface area contributed by atoms with Crippen LogP contribution >= 0.6 is 11.6 Å². The second kappa shape index (κ2) is 7.59. The molecule has 27 heavy (non-hydrogen) atoms. The fourth-order valence-corrected chi connectivity index (χ4v) is 2.69. The van der Waals surface area contributed by atoms with Gasteiger partial charge < -0.3 is 4.90 Å². The van der Waals surface area contributed by atoms with E-state index in [1.54, 1.807) is 31.3 Å². The summed E-state index contributed by atoms with van der Waals surface area (Å²) < 4.78 is 1.88. The van der Waals surface area contributed by atoms with Gasteiger partial charge >= 0.3 is 5.69 Å². The Hall–Kier alpha value is -3.19. The minimum atomic E-state index is -0.741. The number of aromatic nitrogens is 3. The maximum atomic E-state index is 12.8. The van der Waals surface area contributed by atoms with Crippen molar-refractivity contribution >= 4 is 17.5 Å². The van der Waals surface area contributed by atoms with E-state index in [1.807, 2.05) is 30.3 Å². The number of nitrogens with zero attached hydrogens (tertiary/aromatic N) is 4. The molecule has 138 valence electrons. The molecule has 0 aliphatic rings. The average Bonchev–Trinajstić information content (AvgIpc) is 2.67. The smallest absolute Gasteiger partial charge is 0.336 e. The van der Waals surface area contributed by atoms with Crippen LogP contribution in [0.4, 0.5) is 0 Å². The first-order chi connectivity index (χ1) is 12.9. The number of benzene rings is 2. The summed E-state index contributed by atoms with van der Waals surface area (Å²) in [5.41, 5.74) is -0.402. The fraction of sp³-hybridized carbons (Fsp3) is 0.158. The van der Waals surface area contributed by atoms with Crippen LogP contribution in [0.15, 0.2) is 64.2 Å². The Bertz CT molecular complexity index is 1090. The number of hydrogen-bond acceptors (Lipinski definition) is 4. The molecular weight excluding hydrogens is 368 g/mol. The van der Waals surface area contributed by atoms with Crippen LogP contribution in [-0.4, -0.2) is 32.2 Å². The van der Waals surface area contributed by atoms with Gasteiger partial charge in [-0.15, -0.1) is 0 Å². The molecule has 1 aromatic heterocycles. The van der Waals surface area contributed by atoms with Crippen LogP contribution in [0.5, 0.6) is 0 Å². The van der Waals surface area contributed by atoms with Gasteiger partial charge in [0.1, 0.15) is 0 Å². The van der Waals surface area contributed by atoms with Crippen molar-refractivity contribution in [3.63, 3.8) is 0 Å². The summed E-state index contributed by atoms with van der Waals surface area (Å²) >= 11 is 5.87. The minimum absolute atomic E-state index is 0.310. The van der Waals surface area contributed by atoms with E-state index in [-0.39, 0.29) is 5.69 Å². The number of rotatable bonds is 4. The quantitative estimate of drug-likeness (QED) is 0.688. The molecule has 1 heterocycles. The summed E-state index contributed by atoms with van der Waals surface area (Å²) in [7, 11) is 2.89. The van der Waals surface area contributed by atoms with Gasteiger partial charge in [0.15, 0.2) is 0 Å². The molecule has 0 atom stereocenters. The van der Waals surface area contributed by atoms with Gasteiger partial charge in [-0.25, -0.2) is 4.79 Å². The molecule has 0 N–H and O–H groups in total. The molecule has 8 heteroatoms. The van der Waals surface area contributed by atoms with Crippen molar-refractivity contribution < 1.29 is 4.79 Å². The molecule has 1 amide bonds. The van der Waals surface area contributed by atoms with Crippen molar-refractivity contribution in [2.45, 2.75) is 6.54 Å². The Morgan fingerprint density at radius 3 is 2.33 bits per heavy atom. The van der Waals surface area contributed by atoms with E-state index in [9.17, 15) is 14.4 Å². The van der Waals surface area contributed by atoms with Gasteiger partial charge in [-0.3, -0.25) is 14.2 Å². The molecule has 0 saturated carbocycles. The van der Waals surface area contributed by atoms with Gasteiger partial charge in [0, 0.05) is 25.7 Å². The highest BCUT2D eigenvalue weighted by Gasteiger charge is 2.22. The summed E-state index contributed by atoms with van der Waals surface area (Å²) in [5, 5.41) is 4.53. The van der Waals surface area contributed by atoms with Gasteiger partial charge in [0.2, 0.25) is 5.69 Å². The maximum Gasteiger partial charge on any atom is 0.351 e. The lowest BCUT2D eigenvalue weighted by atomic mass is 10.2. The number of carbonyl (C=O) groups excluding carboxylic acids is 1. The molecule has 3 rings (SSSR count). The molecule has 0 aliphatic carbocycles. The first kappa shape index (κ1) is 18.6. The Kier molecular flexibility index (Phi) is 5.23. The molecule has 0 radical (unpaired) electrons. The third kappa shape index (κ3) is 3.83. The van der Waals surface area contributed by atoms with Crippen molar-refractivity contribution in [2.24, 2.45) is 7.05 Å². The monoisotopic (exact) mass is 384 g/mol. The van der Waals surface area contributed by atoms with E-state index in [0.29, 0.717) is 17.3 Å². The van der Waals surface area contributed by atoms with E-state index in [4.69, 9.17) is 11.6 Å². The standard InChI is InChI=1S/C19H17ClN4O3/c1-22(12-13-6-4-3-5-7-13)17(25)16-18(26)23(2)19(27)24(21-16)15-10-8-14(20)9-11-15/h3-11H,12H2,1-2H3. The zero-order valence-electron chi connectivity index (χ0n) is 14.8. The van der Waals surface area contributed by atoms with Crippen LogP contribution in [0.2, 0.25) is 5.02 Å². The van der Waals surface area contributed by atoms with Gasteiger partial charge in [0.25, 0.3) is 11.5 Å². The van der Waals surface area contributed by atoms with Crippen molar-refractivity contribution in [2.75, 3.05) is 7.05 Å². The summed E-state index contributed by atoms with van der Waals surface area (Å²) in [5.74, 6) is -0.567. The molecule has 3 aromatic rings. The Labute approximate surface area is 160 Å². The van der Waals surface area contributed by atoms with E-state index in [2.05, 4.69) is 5.10 Å². The van der Waals surface area contributed by atoms with E-state index in [0.717, 1.165) is 14.8 Å². The van der Waals surface area contributed by atoms with Crippen molar-refractivity contribution in [1.29, 1.82) is 0 Å². The highest BCUT2D eigenvalue weighted by molar-refractivity contribution is 6.30. The molecule has 0 fully saturated rings. The predicted molar refractivity (Wildman–Crippen MR) is 102 cm³/mol. The Balaban J connectivity index is 2.02. The summed E-state index contributed by atoms with van der Waals surface area (Å²) in [6, 6.07) is 15.7. The summed E-state index contributed by atoms with van der Waals surface area (Å²) in [6.45, 7) is 0.310. The van der Waals surface area contributed by atoms with Crippen LogP contribution in [0.25, 0.3) is 5.69 Å². The second-order valence-corrected chi connectivity index (χ2v) is 6.47. The van der Waals surface area contributed by atoms with Crippen molar-refractivity contribution in [1.82, 2.24) is 19.2 Å². The summed E-state index contributed by atoms with van der Waals surface area (Å²) in [4.78, 5) is 39.0. The first-order valence-corrected chi connectivity index (χ1v) is 8.52. The maximum absolute atomic E-state index is 12.8. The second-order valence-electron chi connectivity index (χ2n) is 6.03. The minimum Gasteiger partial charge on any atom is -0.336 e. The first-order valence-electron chi connectivity index (χ1n) is 8.14. The Morgan fingerprint density at radius 1 is 1.07 bits per heavy atom. The van der Waals surface area contributed by atoms with E-state index < -0.39 is 17.2 Å². The van der Waals surface area contributed by atoms with Crippen molar-refractivity contribution in [3.05, 3.63) is 91.7 Å². The molecule has 2 aromatic carbocycles. The van der Waals surface area contributed by atoms with E-state index in [1.165, 1.54) is 11.9 Å². The van der Waals surface area contributed by atoms with Gasteiger partial charge in [-0.2, -0.15) is 9.78 Å². The molecule has 0 spiro atoms. The topological polar surface area (TPSA) is 77.2 Å². The highest BCUT2D eigenvalue weighted by atomic mass is 35.5. The molecule has 0 unspecified atom stereocenters. The zero-order chi connectivity index (χ0) is 19.6. The molecule has 0 bridgehead atoms. The Morgan fingerprint density at radius 2 is 1.70 bits per heavy atom. The molecule has 7 nitrogen and oxygen atoms in total. The van der Waals surface area contributed by atoms with Gasteiger partial charge in [0.05, 0.1) is 5.69 Å². The fourth-order valence-electron chi connectivity index (χ4n) is 2.57. The molecule has 0 saturated heterocycles.